The lowest BCUT2D eigenvalue weighted by atomic mass is 9.97. The van der Waals surface area contributed by atoms with E-state index in [1.165, 1.54) is 0 Å². The van der Waals surface area contributed by atoms with Crippen molar-refractivity contribution in [1.82, 2.24) is 19.7 Å². The zero-order valence-electron chi connectivity index (χ0n) is 20.4. The molecular weight excluding hydrogens is 482 g/mol. The number of anilines is 1. The fourth-order valence-corrected chi connectivity index (χ4v) is 5.64. The number of hydrogen-bond acceptors (Lipinski definition) is 7. The number of carbonyl (C=O) groups is 1. The third kappa shape index (κ3) is 4.48. The maximum Gasteiger partial charge on any atom is 0.344 e. The van der Waals surface area contributed by atoms with E-state index in [0.717, 1.165) is 23.9 Å². The van der Waals surface area contributed by atoms with E-state index in [4.69, 9.17) is 10.5 Å². The molecule has 1 fully saturated rings. The fourth-order valence-electron chi connectivity index (χ4n) is 4.80. The average Bonchev–Trinajstić information content (AvgIpc) is 3.25. The Kier molecular flexibility index (Phi) is 6.07. The number of pyridine rings is 1. The first kappa shape index (κ1) is 24.0. The van der Waals surface area contributed by atoms with E-state index in [0.29, 0.717) is 47.9 Å². The van der Waals surface area contributed by atoms with Crippen LogP contribution < -0.4 is 15.2 Å². The highest BCUT2D eigenvalue weighted by atomic mass is 32.2. The number of aromatic nitrogens is 3. The maximum absolute atomic E-state index is 13.6. The summed E-state index contributed by atoms with van der Waals surface area (Å²) in [7, 11) is -3.86. The first-order chi connectivity index (χ1) is 17.1. The van der Waals surface area contributed by atoms with Crippen LogP contribution in [0.1, 0.15) is 54.3 Å². The third-order valence-corrected chi connectivity index (χ3v) is 7.35. The van der Waals surface area contributed by atoms with Crippen molar-refractivity contribution in [1.29, 1.82) is 0 Å². The van der Waals surface area contributed by atoms with Gasteiger partial charge in [0.2, 0.25) is 0 Å². The number of ether oxygens (including phenoxy) is 1. The number of aryl methyl sites for hydroxylation is 1. The molecule has 4 heterocycles. The van der Waals surface area contributed by atoms with Gasteiger partial charge in [0.1, 0.15) is 5.75 Å². The standard InChI is InChI=1S/C24H29N7O4S/c1-14(2)31-23-18(11-26-31)17(10-15(3)27-23)24(32)30-9-5-6-16(12-30)13-35-20-8-4-7-19-21(20)22(25)29-36(33,34)28-19/h4,7-8,10-11,14,16,28H,5-6,9,12-13H2,1-3H3,(H2,25,29)/t16-/m0/s1. The van der Waals surface area contributed by atoms with E-state index in [9.17, 15) is 13.2 Å². The fraction of sp³-hybridized carbons (Fsp3) is 0.417. The number of nitrogens with one attached hydrogen (secondary N) is 1. The molecule has 0 saturated carbocycles. The topological polar surface area (TPSA) is 145 Å². The Morgan fingerprint density at radius 1 is 1.33 bits per heavy atom. The molecule has 1 aromatic carbocycles. The Morgan fingerprint density at radius 3 is 2.92 bits per heavy atom. The van der Waals surface area contributed by atoms with Gasteiger partial charge in [-0.15, -0.1) is 4.40 Å². The van der Waals surface area contributed by atoms with Gasteiger partial charge in [0.05, 0.1) is 35.0 Å². The zero-order chi connectivity index (χ0) is 25.6. The van der Waals surface area contributed by atoms with Gasteiger partial charge in [0.15, 0.2) is 11.5 Å². The largest absolute Gasteiger partial charge is 0.492 e. The molecule has 36 heavy (non-hydrogen) atoms. The summed E-state index contributed by atoms with van der Waals surface area (Å²) in [6.07, 6.45) is 3.48. The van der Waals surface area contributed by atoms with Crippen LogP contribution in [0.25, 0.3) is 11.0 Å². The van der Waals surface area contributed by atoms with E-state index in [1.54, 1.807) is 24.4 Å². The van der Waals surface area contributed by atoms with Crippen molar-refractivity contribution in [3.8, 4) is 5.75 Å². The Morgan fingerprint density at radius 2 is 2.14 bits per heavy atom. The van der Waals surface area contributed by atoms with Crippen LogP contribution >= 0.6 is 0 Å². The third-order valence-electron chi connectivity index (χ3n) is 6.43. The number of nitrogens with two attached hydrogens (primary N) is 1. The van der Waals surface area contributed by atoms with Crippen molar-refractivity contribution in [2.24, 2.45) is 16.0 Å². The lowest BCUT2D eigenvalue weighted by Crippen LogP contribution is -2.41. The molecule has 0 bridgehead atoms. The summed E-state index contributed by atoms with van der Waals surface area (Å²) >= 11 is 0. The Hall–Kier alpha value is -3.67. The summed E-state index contributed by atoms with van der Waals surface area (Å²) in [5.41, 5.74) is 8.78. The maximum atomic E-state index is 13.6. The number of hydrogen-bond donors (Lipinski definition) is 2. The van der Waals surface area contributed by atoms with E-state index >= 15 is 0 Å². The molecule has 12 heteroatoms. The second kappa shape index (κ2) is 9.08. The van der Waals surface area contributed by atoms with Crippen LogP contribution in [-0.4, -0.2) is 59.5 Å². The van der Waals surface area contributed by atoms with Crippen molar-refractivity contribution < 1.29 is 17.9 Å². The molecule has 3 aromatic rings. The first-order valence-corrected chi connectivity index (χ1v) is 13.4. The summed E-state index contributed by atoms with van der Waals surface area (Å²) < 4.78 is 37.5. The number of amides is 1. The van der Waals surface area contributed by atoms with E-state index in [2.05, 4.69) is 19.2 Å². The predicted octanol–water partition coefficient (Wildman–Crippen LogP) is 2.63. The first-order valence-electron chi connectivity index (χ1n) is 11.9. The summed E-state index contributed by atoms with van der Waals surface area (Å²) in [5, 5.41) is 5.21. The highest BCUT2D eigenvalue weighted by Crippen LogP contribution is 2.31. The van der Waals surface area contributed by atoms with Gasteiger partial charge in [-0.25, -0.2) is 9.67 Å². The molecule has 11 nitrogen and oxygen atoms in total. The molecular formula is C24H29N7O4S. The monoisotopic (exact) mass is 511 g/mol. The van der Waals surface area contributed by atoms with Crippen LogP contribution in [0.4, 0.5) is 5.69 Å². The smallest absolute Gasteiger partial charge is 0.344 e. The molecule has 0 radical (unpaired) electrons. The average molecular weight is 512 g/mol. The summed E-state index contributed by atoms with van der Waals surface area (Å²) in [6, 6.07) is 7.00. The molecule has 3 N–H and O–H groups in total. The lowest BCUT2D eigenvalue weighted by molar-refractivity contribution is 0.0635. The Bertz CT molecular complexity index is 1480. The van der Waals surface area contributed by atoms with Crippen LogP contribution in [0, 0.1) is 12.8 Å². The van der Waals surface area contributed by atoms with Crippen molar-refractivity contribution in [2.75, 3.05) is 24.4 Å². The number of benzene rings is 1. The predicted molar refractivity (Wildman–Crippen MR) is 136 cm³/mol. The second-order valence-electron chi connectivity index (χ2n) is 9.53. The minimum absolute atomic E-state index is 0.0404. The van der Waals surface area contributed by atoms with Crippen molar-refractivity contribution >= 4 is 38.7 Å². The van der Waals surface area contributed by atoms with Crippen LogP contribution in [0.15, 0.2) is 34.9 Å². The molecule has 1 amide bonds. The van der Waals surface area contributed by atoms with Gasteiger partial charge in [-0.1, -0.05) is 6.07 Å². The molecule has 0 spiro atoms. The molecule has 2 aromatic heterocycles. The molecule has 2 aliphatic heterocycles. The van der Waals surface area contributed by atoms with Gasteiger partial charge in [-0.2, -0.15) is 13.5 Å². The van der Waals surface area contributed by atoms with Crippen LogP contribution in [0.2, 0.25) is 0 Å². The number of rotatable bonds is 5. The van der Waals surface area contributed by atoms with Crippen molar-refractivity contribution in [3.05, 3.63) is 47.3 Å². The van der Waals surface area contributed by atoms with Gasteiger partial charge in [0, 0.05) is 30.7 Å². The normalized spacial score (nSPS) is 19.1. The summed E-state index contributed by atoms with van der Waals surface area (Å²) in [4.78, 5) is 20.1. The van der Waals surface area contributed by atoms with Gasteiger partial charge in [-0.05, 0) is 51.8 Å². The SMILES string of the molecule is Cc1cc(C(=O)N2CCC[C@H](COc3cccc4c3C(N)=NS(=O)(=O)N4)C2)c2cnn(C(C)C)c2n1. The minimum atomic E-state index is -3.86. The van der Waals surface area contributed by atoms with Gasteiger partial charge in [0.25, 0.3) is 5.91 Å². The van der Waals surface area contributed by atoms with E-state index in [1.807, 2.05) is 36.4 Å². The number of amidine groups is 1. The molecule has 1 atom stereocenters. The molecule has 1 saturated heterocycles. The van der Waals surface area contributed by atoms with Crippen LogP contribution in [-0.2, 0) is 10.2 Å². The summed E-state index contributed by atoms with van der Waals surface area (Å²) in [5.74, 6) is 0.404. The number of carbonyl (C=O) groups excluding carboxylic acids is 1. The second-order valence-corrected chi connectivity index (χ2v) is 10.9. The Balaban J connectivity index is 1.33. The minimum Gasteiger partial charge on any atom is -0.492 e. The van der Waals surface area contributed by atoms with Gasteiger partial charge < -0.3 is 15.4 Å². The van der Waals surface area contributed by atoms with Crippen LogP contribution in [0.5, 0.6) is 5.75 Å². The van der Waals surface area contributed by atoms with Crippen molar-refractivity contribution in [2.45, 2.75) is 39.7 Å². The highest BCUT2D eigenvalue weighted by Gasteiger charge is 2.29. The molecule has 0 unspecified atom stereocenters. The van der Waals surface area contributed by atoms with Crippen LogP contribution in [0.3, 0.4) is 0 Å². The van der Waals surface area contributed by atoms with E-state index in [-0.39, 0.29) is 23.7 Å². The number of piperidine rings is 1. The Labute approximate surface area is 209 Å². The number of likely N-dealkylation sites (tertiary alicyclic amines) is 1. The number of fused-ring (bicyclic) bond motifs is 2. The highest BCUT2D eigenvalue weighted by molar-refractivity contribution is 7.91. The quantitative estimate of drug-likeness (QED) is 0.536. The zero-order valence-corrected chi connectivity index (χ0v) is 21.2. The summed E-state index contributed by atoms with van der Waals surface area (Å²) in [6.45, 7) is 7.52. The molecule has 190 valence electrons. The lowest BCUT2D eigenvalue weighted by Gasteiger charge is -2.33. The molecule has 5 rings (SSSR count). The van der Waals surface area contributed by atoms with Gasteiger partial charge in [-0.3, -0.25) is 9.52 Å². The van der Waals surface area contributed by atoms with Crippen molar-refractivity contribution in [3.63, 3.8) is 0 Å². The number of nitrogens with zero attached hydrogens (tertiary/aromatic N) is 5. The molecule has 2 aliphatic rings. The van der Waals surface area contributed by atoms with Gasteiger partial charge >= 0.3 is 10.2 Å². The van der Waals surface area contributed by atoms with E-state index < -0.39 is 10.2 Å². The molecule has 0 aliphatic carbocycles.